The lowest BCUT2D eigenvalue weighted by Gasteiger charge is -2.09. The normalized spacial score (nSPS) is 10.0. The molecule has 1 amide bonds. The summed E-state index contributed by atoms with van der Waals surface area (Å²) < 4.78 is 35.8. The highest BCUT2D eigenvalue weighted by molar-refractivity contribution is 6.04. The van der Waals surface area contributed by atoms with E-state index in [1.807, 2.05) is 0 Å². The van der Waals surface area contributed by atoms with Gasteiger partial charge in [-0.25, -0.2) is 18.4 Å². The first-order valence-electron chi connectivity index (χ1n) is 7.01. The van der Waals surface area contributed by atoms with Crippen LogP contribution in [-0.4, -0.2) is 31.6 Å². The Morgan fingerprint density at radius 2 is 1.64 bits per heavy atom. The third-order valence-corrected chi connectivity index (χ3v) is 3.09. The van der Waals surface area contributed by atoms with Gasteiger partial charge in [0.1, 0.15) is 11.6 Å². The fraction of sp³-hybridized carbons (Fsp3) is 0.118. The van der Waals surface area contributed by atoms with Gasteiger partial charge >= 0.3 is 11.9 Å². The molecule has 2 aromatic carbocycles. The van der Waals surface area contributed by atoms with Gasteiger partial charge in [-0.15, -0.1) is 0 Å². The first kappa shape index (κ1) is 18.1. The number of benzene rings is 2. The van der Waals surface area contributed by atoms with Crippen molar-refractivity contribution in [2.45, 2.75) is 0 Å². The lowest BCUT2D eigenvalue weighted by Crippen LogP contribution is -2.22. The van der Waals surface area contributed by atoms with Crippen LogP contribution in [0.15, 0.2) is 42.5 Å². The smallest absolute Gasteiger partial charge is 0.339 e. The van der Waals surface area contributed by atoms with Crippen LogP contribution in [-0.2, 0) is 14.3 Å². The third-order valence-electron chi connectivity index (χ3n) is 3.09. The fourth-order valence-corrected chi connectivity index (χ4v) is 1.94. The highest BCUT2D eigenvalue weighted by atomic mass is 19.1. The number of methoxy groups -OCH3 is 1. The van der Waals surface area contributed by atoms with Crippen LogP contribution in [0.1, 0.15) is 20.7 Å². The second kappa shape index (κ2) is 8.00. The molecule has 1 N–H and O–H groups in total. The number of amides is 1. The topological polar surface area (TPSA) is 81.7 Å². The van der Waals surface area contributed by atoms with Gasteiger partial charge in [0.05, 0.1) is 23.9 Å². The van der Waals surface area contributed by atoms with Crippen molar-refractivity contribution in [2.24, 2.45) is 0 Å². The molecule has 0 saturated heterocycles. The van der Waals surface area contributed by atoms with E-state index in [0.717, 1.165) is 25.3 Å². The number of hydrogen-bond acceptors (Lipinski definition) is 5. The van der Waals surface area contributed by atoms with Crippen molar-refractivity contribution in [3.63, 3.8) is 0 Å². The van der Waals surface area contributed by atoms with Crippen molar-refractivity contribution in [1.29, 1.82) is 0 Å². The van der Waals surface area contributed by atoms with Gasteiger partial charge in [0.2, 0.25) is 0 Å². The first-order valence-corrected chi connectivity index (χ1v) is 7.01. The van der Waals surface area contributed by atoms with E-state index in [2.05, 4.69) is 10.1 Å². The zero-order chi connectivity index (χ0) is 18.4. The van der Waals surface area contributed by atoms with Crippen LogP contribution in [0.3, 0.4) is 0 Å². The molecule has 0 unspecified atom stereocenters. The van der Waals surface area contributed by atoms with Crippen LogP contribution >= 0.6 is 0 Å². The molecule has 0 radical (unpaired) electrons. The molecule has 0 aliphatic rings. The summed E-state index contributed by atoms with van der Waals surface area (Å²) in [4.78, 5) is 35.3. The summed E-state index contributed by atoms with van der Waals surface area (Å²) in [6.45, 7) is -0.746. The van der Waals surface area contributed by atoms with Crippen LogP contribution in [0.4, 0.5) is 14.5 Å². The van der Waals surface area contributed by atoms with Crippen LogP contribution in [0.5, 0.6) is 0 Å². The molecule has 0 aliphatic heterocycles. The maximum Gasteiger partial charge on any atom is 0.339 e. The number of rotatable bonds is 5. The number of carbonyl (C=O) groups excluding carboxylic acids is 3. The lowest BCUT2D eigenvalue weighted by molar-refractivity contribution is -0.119. The van der Waals surface area contributed by atoms with E-state index in [1.54, 1.807) is 0 Å². The predicted molar refractivity (Wildman–Crippen MR) is 83.1 cm³/mol. The standard InChI is InChI=1S/C17H13F2NO5/c1-24-16(22)11-4-2-3-5-12(11)17(23)25-9-15(21)20-14-8-10(18)6-7-13(14)19/h2-8H,9H2,1H3,(H,20,21). The van der Waals surface area contributed by atoms with E-state index in [-0.39, 0.29) is 16.8 Å². The van der Waals surface area contributed by atoms with Crippen molar-refractivity contribution in [1.82, 2.24) is 0 Å². The summed E-state index contributed by atoms with van der Waals surface area (Å²) in [6, 6.07) is 8.27. The predicted octanol–water partition coefficient (Wildman–Crippen LogP) is 2.55. The second-order valence-electron chi connectivity index (χ2n) is 4.79. The molecular formula is C17H13F2NO5. The van der Waals surface area contributed by atoms with Crippen molar-refractivity contribution >= 4 is 23.5 Å². The van der Waals surface area contributed by atoms with Gasteiger partial charge in [-0.3, -0.25) is 4.79 Å². The number of nitrogens with one attached hydrogen (secondary N) is 1. The largest absolute Gasteiger partial charge is 0.465 e. The summed E-state index contributed by atoms with van der Waals surface area (Å²) in [5, 5.41) is 2.08. The van der Waals surface area contributed by atoms with E-state index >= 15 is 0 Å². The van der Waals surface area contributed by atoms with Crippen molar-refractivity contribution in [2.75, 3.05) is 19.0 Å². The molecule has 2 aromatic rings. The van der Waals surface area contributed by atoms with Gasteiger partial charge in [-0.2, -0.15) is 0 Å². The Labute approximate surface area is 141 Å². The fourth-order valence-electron chi connectivity index (χ4n) is 1.94. The van der Waals surface area contributed by atoms with Gasteiger partial charge in [0.15, 0.2) is 6.61 Å². The van der Waals surface area contributed by atoms with Crippen molar-refractivity contribution in [3.05, 3.63) is 65.2 Å². The monoisotopic (exact) mass is 349 g/mol. The zero-order valence-corrected chi connectivity index (χ0v) is 13.0. The molecule has 0 aliphatic carbocycles. The molecule has 0 fully saturated rings. The van der Waals surface area contributed by atoms with Gasteiger partial charge in [-0.1, -0.05) is 12.1 Å². The van der Waals surface area contributed by atoms with Crippen molar-refractivity contribution < 1.29 is 32.6 Å². The first-order chi connectivity index (χ1) is 11.9. The van der Waals surface area contributed by atoms with Gasteiger partial charge in [0.25, 0.3) is 5.91 Å². The molecule has 0 atom stereocenters. The van der Waals surface area contributed by atoms with E-state index < -0.39 is 36.1 Å². The Balaban J connectivity index is 2.02. The number of carbonyl (C=O) groups is 3. The maximum absolute atomic E-state index is 13.4. The number of halogens is 2. The Kier molecular flexibility index (Phi) is 5.78. The van der Waals surface area contributed by atoms with Crippen LogP contribution in [0, 0.1) is 11.6 Å². The Morgan fingerprint density at radius 1 is 1.00 bits per heavy atom. The minimum atomic E-state index is -0.934. The second-order valence-corrected chi connectivity index (χ2v) is 4.79. The third kappa shape index (κ3) is 4.60. The SMILES string of the molecule is COC(=O)c1ccccc1C(=O)OCC(=O)Nc1cc(F)ccc1F. The van der Waals surface area contributed by atoms with Gasteiger partial charge in [0, 0.05) is 6.07 Å². The molecule has 0 bridgehead atoms. The van der Waals surface area contributed by atoms with E-state index in [4.69, 9.17) is 4.74 Å². The zero-order valence-electron chi connectivity index (χ0n) is 13.0. The number of esters is 2. The van der Waals surface area contributed by atoms with Crippen LogP contribution in [0.25, 0.3) is 0 Å². The Hall–Kier alpha value is -3.29. The van der Waals surface area contributed by atoms with Crippen LogP contribution < -0.4 is 5.32 Å². The van der Waals surface area contributed by atoms with E-state index in [0.29, 0.717) is 0 Å². The highest BCUT2D eigenvalue weighted by Gasteiger charge is 2.19. The summed E-state index contributed by atoms with van der Waals surface area (Å²) in [6.07, 6.45) is 0. The molecule has 130 valence electrons. The molecule has 2 rings (SSSR count). The summed E-state index contributed by atoms with van der Waals surface area (Å²) in [5.41, 5.74) is -0.485. The van der Waals surface area contributed by atoms with E-state index in [9.17, 15) is 23.2 Å². The summed E-state index contributed by atoms with van der Waals surface area (Å²) in [7, 11) is 1.16. The summed E-state index contributed by atoms with van der Waals surface area (Å²) in [5.74, 6) is -4.11. The number of ether oxygens (including phenoxy) is 2. The Morgan fingerprint density at radius 3 is 2.28 bits per heavy atom. The highest BCUT2D eigenvalue weighted by Crippen LogP contribution is 2.15. The number of anilines is 1. The average molecular weight is 349 g/mol. The van der Waals surface area contributed by atoms with Crippen molar-refractivity contribution in [3.8, 4) is 0 Å². The molecule has 0 aromatic heterocycles. The van der Waals surface area contributed by atoms with Gasteiger partial charge in [-0.05, 0) is 24.3 Å². The molecule has 0 saturated carbocycles. The minimum Gasteiger partial charge on any atom is -0.465 e. The molecule has 0 heterocycles. The quantitative estimate of drug-likeness (QED) is 0.839. The van der Waals surface area contributed by atoms with Gasteiger partial charge < -0.3 is 14.8 Å². The molecule has 25 heavy (non-hydrogen) atoms. The number of hydrogen-bond donors (Lipinski definition) is 1. The molecule has 8 heteroatoms. The minimum absolute atomic E-state index is 0.0217. The Bertz CT molecular complexity index is 822. The van der Waals surface area contributed by atoms with E-state index in [1.165, 1.54) is 24.3 Å². The molecule has 6 nitrogen and oxygen atoms in total. The molecular weight excluding hydrogens is 336 g/mol. The lowest BCUT2D eigenvalue weighted by atomic mass is 10.1. The van der Waals surface area contributed by atoms with Crippen LogP contribution in [0.2, 0.25) is 0 Å². The maximum atomic E-state index is 13.4. The molecule has 0 spiro atoms. The summed E-state index contributed by atoms with van der Waals surface area (Å²) >= 11 is 0. The average Bonchev–Trinajstić information content (AvgIpc) is 2.62.